The fourth-order valence-corrected chi connectivity index (χ4v) is 2.99. The van der Waals surface area contributed by atoms with Gasteiger partial charge in [-0.25, -0.2) is 8.42 Å². The van der Waals surface area contributed by atoms with E-state index < -0.39 is 21.9 Å². The number of nitrogens with two attached hydrogens (primary N) is 1. The van der Waals surface area contributed by atoms with Crippen LogP contribution in [0.25, 0.3) is 0 Å². The van der Waals surface area contributed by atoms with Crippen LogP contribution in [0.2, 0.25) is 0 Å². The van der Waals surface area contributed by atoms with Gasteiger partial charge in [0.15, 0.2) is 9.84 Å². The Morgan fingerprint density at radius 3 is 2.25 bits per heavy atom. The smallest absolute Gasteiger partial charge is 0.237 e. The van der Waals surface area contributed by atoms with E-state index in [0.717, 1.165) is 17.4 Å². The zero-order valence-corrected chi connectivity index (χ0v) is 14.8. The molecular formula is C18H22N2O3S. The number of hydrogen-bond acceptors (Lipinski definition) is 4. The van der Waals surface area contributed by atoms with Gasteiger partial charge in [0.1, 0.15) is 0 Å². The van der Waals surface area contributed by atoms with Crippen molar-refractivity contribution in [2.24, 2.45) is 5.73 Å². The molecule has 5 nitrogen and oxygen atoms in total. The zero-order chi connectivity index (χ0) is 17.9. The molecule has 128 valence electrons. The minimum absolute atomic E-state index is 0.215. The molecule has 2 aromatic carbocycles. The number of sulfone groups is 1. The Labute approximate surface area is 142 Å². The third-order valence-electron chi connectivity index (χ3n) is 3.73. The van der Waals surface area contributed by atoms with E-state index in [1.807, 2.05) is 31.2 Å². The molecular weight excluding hydrogens is 324 g/mol. The second kappa shape index (κ2) is 7.15. The lowest BCUT2D eigenvalue weighted by Gasteiger charge is -2.21. The quantitative estimate of drug-likeness (QED) is 0.866. The van der Waals surface area contributed by atoms with Crippen molar-refractivity contribution in [3.05, 3.63) is 65.2 Å². The number of carbonyl (C=O) groups is 1. The summed E-state index contributed by atoms with van der Waals surface area (Å²) in [4.78, 5) is 12.3. The molecule has 0 aliphatic carbocycles. The predicted molar refractivity (Wildman–Crippen MR) is 94.4 cm³/mol. The van der Waals surface area contributed by atoms with Gasteiger partial charge in [0, 0.05) is 6.26 Å². The topological polar surface area (TPSA) is 89.3 Å². The summed E-state index contributed by atoms with van der Waals surface area (Å²) in [5.74, 6) is -0.301. The molecule has 2 aromatic rings. The molecule has 0 aromatic heterocycles. The van der Waals surface area contributed by atoms with Crippen LogP contribution < -0.4 is 11.1 Å². The summed E-state index contributed by atoms with van der Waals surface area (Å²) < 4.78 is 23.6. The average molecular weight is 346 g/mol. The van der Waals surface area contributed by atoms with Crippen LogP contribution in [0.3, 0.4) is 0 Å². The zero-order valence-electron chi connectivity index (χ0n) is 14.0. The molecule has 2 atom stereocenters. The van der Waals surface area contributed by atoms with E-state index >= 15 is 0 Å². The SMILES string of the molecule is Cc1ccc(C(NC(=O)[C@@H](C)N)c2cccc(S(C)(=O)=O)c2)cc1. The van der Waals surface area contributed by atoms with E-state index in [0.29, 0.717) is 5.56 Å². The normalized spacial score (nSPS) is 14.0. The lowest BCUT2D eigenvalue weighted by atomic mass is 9.97. The molecule has 2 rings (SSSR count). The van der Waals surface area contributed by atoms with Gasteiger partial charge in [-0.3, -0.25) is 4.79 Å². The summed E-state index contributed by atoms with van der Waals surface area (Å²) in [5.41, 5.74) is 8.31. The highest BCUT2D eigenvalue weighted by Gasteiger charge is 2.20. The van der Waals surface area contributed by atoms with Crippen molar-refractivity contribution in [1.29, 1.82) is 0 Å². The van der Waals surface area contributed by atoms with Crippen molar-refractivity contribution in [2.75, 3.05) is 6.26 Å². The van der Waals surface area contributed by atoms with Crippen molar-refractivity contribution in [1.82, 2.24) is 5.32 Å². The van der Waals surface area contributed by atoms with E-state index in [1.165, 1.54) is 0 Å². The van der Waals surface area contributed by atoms with Crippen LogP contribution in [0.4, 0.5) is 0 Å². The Morgan fingerprint density at radius 2 is 1.71 bits per heavy atom. The fraction of sp³-hybridized carbons (Fsp3) is 0.278. The maximum absolute atomic E-state index is 12.1. The highest BCUT2D eigenvalue weighted by Crippen LogP contribution is 2.25. The molecule has 0 heterocycles. The molecule has 1 amide bonds. The van der Waals surface area contributed by atoms with E-state index in [9.17, 15) is 13.2 Å². The van der Waals surface area contributed by atoms with Crippen LogP contribution >= 0.6 is 0 Å². The minimum Gasteiger partial charge on any atom is -0.344 e. The molecule has 0 saturated carbocycles. The summed E-state index contributed by atoms with van der Waals surface area (Å²) in [6.45, 7) is 3.58. The van der Waals surface area contributed by atoms with Crippen molar-refractivity contribution in [3.8, 4) is 0 Å². The molecule has 0 radical (unpaired) electrons. The summed E-state index contributed by atoms with van der Waals surface area (Å²) in [6.07, 6.45) is 1.16. The third-order valence-corrected chi connectivity index (χ3v) is 4.84. The fourth-order valence-electron chi connectivity index (χ4n) is 2.32. The molecule has 1 unspecified atom stereocenters. The summed E-state index contributed by atoms with van der Waals surface area (Å²) in [5, 5.41) is 2.89. The van der Waals surface area contributed by atoms with Crippen molar-refractivity contribution >= 4 is 15.7 Å². The van der Waals surface area contributed by atoms with Crippen LogP contribution in [-0.2, 0) is 14.6 Å². The summed E-state index contributed by atoms with van der Waals surface area (Å²) >= 11 is 0. The van der Waals surface area contributed by atoms with Gasteiger partial charge < -0.3 is 11.1 Å². The van der Waals surface area contributed by atoms with Crippen molar-refractivity contribution in [2.45, 2.75) is 30.8 Å². The first-order valence-electron chi connectivity index (χ1n) is 7.61. The largest absolute Gasteiger partial charge is 0.344 e. The molecule has 24 heavy (non-hydrogen) atoms. The lowest BCUT2D eigenvalue weighted by Crippen LogP contribution is -2.40. The number of nitrogens with one attached hydrogen (secondary N) is 1. The number of aryl methyl sites for hydroxylation is 1. The number of hydrogen-bond donors (Lipinski definition) is 2. The van der Waals surface area contributed by atoms with Gasteiger partial charge in [0.25, 0.3) is 0 Å². The van der Waals surface area contributed by atoms with E-state index in [2.05, 4.69) is 5.32 Å². The van der Waals surface area contributed by atoms with Crippen molar-refractivity contribution in [3.63, 3.8) is 0 Å². The Hall–Kier alpha value is -2.18. The van der Waals surface area contributed by atoms with Crippen LogP contribution in [-0.4, -0.2) is 26.6 Å². The van der Waals surface area contributed by atoms with Crippen LogP contribution in [0, 0.1) is 6.92 Å². The molecule has 6 heteroatoms. The highest BCUT2D eigenvalue weighted by atomic mass is 32.2. The van der Waals surface area contributed by atoms with Crippen LogP contribution in [0.15, 0.2) is 53.4 Å². The van der Waals surface area contributed by atoms with Gasteiger partial charge in [-0.2, -0.15) is 0 Å². The summed E-state index contributed by atoms with van der Waals surface area (Å²) in [6, 6.07) is 13.2. The van der Waals surface area contributed by atoms with Gasteiger partial charge >= 0.3 is 0 Å². The Bertz CT molecular complexity index is 828. The second-order valence-corrected chi connectivity index (χ2v) is 8.00. The minimum atomic E-state index is -3.33. The van der Waals surface area contributed by atoms with E-state index in [-0.39, 0.29) is 10.8 Å². The van der Waals surface area contributed by atoms with Crippen molar-refractivity contribution < 1.29 is 13.2 Å². The third kappa shape index (κ3) is 4.43. The van der Waals surface area contributed by atoms with Crippen LogP contribution in [0.5, 0.6) is 0 Å². The molecule has 0 aliphatic heterocycles. The molecule has 0 aliphatic rings. The Kier molecular flexibility index (Phi) is 5.41. The highest BCUT2D eigenvalue weighted by molar-refractivity contribution is 7.90. The Morgan fingerprint density at radius 1 is 1.08 bits per heavy atom. The average Bonchev–Trinajstić information content (AvgIpc) is 2.52. The number of carbonyl (C=O) groups excluding carboxylic acids is 1. The monoisotopic (exact) mass is 346 g/mol. The first kappa shape index (κ1) is 18.2. The molecule has 0 saturated heterocycles. The van der Waals surface area contributed by atoms with Gasteiger partial charge in [-0.1, -0.05) is 42.0 Å². The maximum Gasteiger partial charge on any atom is 0.237 e. The van der Waals surface area contributed by atoms with Gasteiger partial charge in [0.05, 0.1) is 17.0 Å². The Balaban J connectivity index is 2.49. The van der Waals surface area contributed by atoms with Gasteiger partial charge in [-0.05, 0) is 37.1 Å². The first-order chi connectivity index (χ1) is 11.2. The second-order valence-electron chi connectivity index (χ2n) is 5.99. The first-order valence-corrected chi connectivity index (χ1v) is 9.50. The van der Waals surface area contributed by atoms with E-state index in [1.54, 1.807) is 31.2 Å². The summed E-state index contributed by atoms with van der Waals surface area (Å²) in [7, 11) is -3.33. The standard InChI is InChI=1S/C18H22N2O3S/c1-12-7-9-14(10-8-12)17(20-18(21)13(2)19)15-5-4-6-16(11-15)24(3,22)23/h4-11,13,17H,19H2,1-3H3,(H,20,21)/t13-,17?/m1/s1. The lowest BCUT2D eigenvalue weighted by molar-refractivity contribution is -0.122. The molecule has 0 bridgehead atoms. The maximum atomic E-state index is 12.1. The van der Waals surface area contributed by atoms with Crippen LogP contribution in [0.1, 0.15) is 29.7 Å². The van der Waals surface area contributed by atoms with E-state index in [4.69, 9.17) is 5.73 Å². The molecule has 3 N–H and O–H groups in total. The number of rotatable bonds is 5. The molecule has 0 spiro atoms. The molecule has 0 fully saturated rings. The van der Waals surface area contributed by atoms with Gasteiger partial charge in [0.2, 0.25) is 5.91 Å². The number of benzene rings is 2. The van der Waals surface area contributed by atoms with Gasteiger partial charge in [-0.15, -0.1) is 0 Å². The number of amides is 1. The predicted octanol–water partition coefficient (Wildman–Crippen LogP) is 1.95.